The van der Waals surface area contributed by atoms with E-state index in [4.69, 9.17) is 5.11 Å². The largest absolute Gasteiger partial charge is 0.480 e. The molecule has 0 spiro atoms. The minimum atomic E-state index is -1.06. The van der Waals surface area contributed by atoms with E-state index >= 15 is 0 Å². The first-order valence-electron chi connectivity index (χ1n) is 5.62. The first-order valence-corrected chi connectivity index (χ1v) is 5.62. The van der Waals surface area contributed by atoms with Gasteiger partial charge in [-0.2, -0.15) is 0 Å². The fraction of sp³-hybridized carbons (Fsp3) is 0.417. The van der Waals surface area contributed by atoms with Gasteiger partial charge in [-0.25, -0.2) is 4.79 Å². The Bertz CT molecular complexity index is 434. The van der Waals surface area contributed by atoms with Gasteiger partial charge in [0.15, 0.2) is 0 Å². The van der Waals surface area contributed by atoms with E-state index in [0.29, 0.717) is 6.54 Å². The lowest BCUT2D eigenvalue weighted by Crippen LogP contribution is -2.46. The topological polar surface area (TPSA) is 91.3 Å². The monoisotopic (exact) mass is 251 g/mol. The molecule has 0 saturated heterocycles. The minimum absolute atomic E-state index is 0.157. The SMILES string of the molecule is CC(=O)NC(CNCc1cccc(C)n1)C(=O)O. The quantitative estimate of drug-likeness (QED) is 0.665. The summed E-state index contributed by atoms with van der Waals surface area (Å²) in [6, 6.07) is 4.71. The number of nitrogens with zero attached hydrogens (tertiary/aromatic N) is 1. The van der Waals surface area contributed by atoms with Crippen LogP contribution in [0.1, 0.15) is 18.3 Å². The highest BCUT2D eigenvalue weighted by molar-refractivity contribution is 5.82. The molecule has 18 heavy (non-hydrogen) atoms. The average Bonchev–Trinajstić information content (AvgIpc) is 2.27. The van der Waals surface area contributed by atoms with Crippen molar-refractivity contribution >= 4 is 11.9 Å². The van der Waals surface area contributed by atoms with Crippen molar-refractivity contribution < 1.29 is 14.7 Å². The molecule has 6 heteroatoms. The number of hydrogen-bond donors (Lipinski definition) is 3. The zero-order valence-corrected chi connectivity index (χ0v) is 10.4. The van der Waals surface area contributed by atoms with Crippen LogP contribution < -0.4 is 10.6 Å². The summed E-state index contributed by atoms with van der Waals surface area (Å²) >= 11 is 0. The van der Waals surface area contributed by atoms with Gasteiger partial charge in [0.1, 0.15) is 6.04 Å². The van der Waals surface area contributed by atoms with E-state index in [0.717, 1.165) is 11.4 Å². The van der Waals surface area contributed by atoms with Crippen molar-refractivity contribution in [1.82, 2.24) is 15.6 Å². The number of pyridine rings is 1. The number of rotatable bonds is 6. The Hall–Kier alpha value is -1.95. The molecule has 0 aliphatic rings. The van der Waals surface area contributed by atoms with Crippen LogP contribution in [0.4, 0.5) is 0 Å². The van der Waals surface area contributed by atoms with Gasteiger partial charge in [-0.05, 0) is 19.1 Å². The molecule has 1 atom stereocenters. The van der Waals surface area contributed by atoms with Gasteiger partial charge in [0.2, 0.25) is 5.91 Å². The molecular weight excluding hydrogens is 234 g/mol. The third-order valence-corrected chi connectivity index (χ3v) is 2.28. The Morgan fingerprint density at radius 1 is 1.44 bits per heavy atom. The highest BCUT2D eigenvalue weighted by Gasteiger charge is 2.17. The van der Waals surface area contributed by atoms with Gasteiger partial charge in [0.25, 0.3) is 0 Å². The predicted molar refractivity (Wildman–Crippen MR) is 65.9 cm³/mol. The van der Waals surface area contributed by atoms with E-state index < -0.39 is 12.0 Å². The Balaban J connectivity index is 2.43. The Morgan fingerprint density at radius 2 is 2.17 bits per heavy atom. The van der Waals surface area contributed by atoms with Gasteiger partial charge >= 0.3 is 5.97 Å². The van der Waals surface area contributed by atoms with E-state index in [9.17, 15) is 9.59 Å². The van der Waals surface area contributed by atoms with E-state index in [1.165, 1.54) is 6.92 Å². The zero-order chi connectivity index (χ0) is 13.5. The first-order chi connectivity index (χ1) is 8.49. The zero-order valence-electron chi connectivity index (χ0n) is 10.4. The Morgan fingerprint density at radius 3 is 2.72 bits per heavy atom. The average molecular weight is 251 g/mol. The Labute approximate surface area is 105 Å². The fourth-order valence-electron chi connectivity index (χ4n) is 1.49. The number of carboxylic acids is 1. The smallest absolute Gasteiger partial charge is 0.327 e. The number of aromatic nitrogens is 1. The van der Waals surface area contributed by atoms with E-state index in [1.54, 1.807) is 0 Å². The maximum atomic E-state index is 10.9. The number of carbonyl (C=O) groups is 2. The molecule has 3 N–H and O–H groups in total. The third-order valence-electron chi connectivity index (χ3n) is 2.28. The minimum Gasteiger partial charge on any atom is -0.480 e. The number of carbonyl (C=O) groups excluding carboxylic acids is 1. The fourth-order valence-corrected chi connectivity index (χ4v) is 1.49. The molecule has 1 rings (SSSR count). The van der Waals surface area contributed by atoms with Crippen LogP contribution >= 0.6 is 0 Å². The number of aryl methyl sites for hydroxylation is 1. The molecule has 0 bridgehead atoms. The summed E-state index contributed by atoms with van der Waals surface area (Å²) < 4.78 is 0. The van der Waals surface area contributed by atoms with Crippen molar-refractivity contribution in [2.24, 2.45) is 0 Å². The molecule has 0 saturated carbocycles. The van der Waals surface area contributed by atoms with Gasteiger partial charge in [-0.15, -0.1) is 0 Å². The summed E-state index contributed by atoms with van der Waals surface area (Å²) in [5.74, 6) is -1.42. The molecule has 6 nitrogen and oxygen atoms in total. The molecule has 1 heterocycles. The van der Waals surface area contributed by atoms with Crippen molar-refractivity contribution in [2.75, 3.05) is 6.54 Å². The predicted octanol–water partition coefficient (Wildman–Crippen LogP) is 0.0689. The summed E-state index contributed by atoms with van der Waals surface area (Å²) in [5, 5.41) is 14.2. The number of carboxylic acid groups (broad SMARTS) is 1. The molecular formula is C12H17N3O3. The molecule has 1 amide bonds. The summed E-state index contributed by atoms with van der Waals surface area (Å²) in [5.41, 5.74) is 1.74. The summed E-state index contributed by atoms with van der Waals surface area (Å²) in [6.45, 7) is 3.80. The molecule has 0 aliphatic heterocycles. The number of hydrogen-bond acceptors (Lipinski definition) is 4. The molecule has 98 valence electrons. The van der Waals surface area contributed by atoms with Crippen LogP contribution in [0.25, 0.3) is 0 Å². The number of nitrogens with one attached hydrogen (secondary N) is 2. The van der Waals surface area contributed by atoms with Gasteiger partial charge in [-0.3, -0.25) is 9.78 Å². The van der Waals surface area contributed by atoms with Gasteiger partial charge in [0, 0.05) is 25.7 Å². The van der Waals surface area contributed by atoms with Gasteiger partial charge in [0.05, 0.1) is 5.69 Å². The lowest BCUT2D eigenvalue weighted by molar-refractivity contribution is -0.141. The Kier molecular flexibility index (Phi) is 5.26. The van der Waals surface area contributed by atoms with Crippen LogP contribution in [0.15, 0.2) is 18.2 Å². The summed E-state index contributed by atoms with van der Waals surface area (Å²) in [6.07, 6.45) is 0. The van der Waals surface area contributed by atoms with Crippen molar-refractivity contribution in [3.8, 4) is 0 Å². The third kappa shape index (κ3) is 4.92. The molecule has 1 aromatic rings. The standard InChI is InChI=1S/C12H17N3O3/c1-8-4-3-5-10(14-8)6-13-7-11(12(17)18)15-9(2)16/h3-5,11,13H,6-7H2,1-2H3,(H,15,16)(H,17,18). The van der Waals surface area contributed by atoms with E-state index in [1.807, 2.05) is 25.1 Å². The summed E-state index contributed by atoms with van der Waals surface area (Å²) in [7, 11) is 0. The second kappa shape index (κ2) is 6.70. The van der Waals surface area contributed by atoms with Crippen molar-refractivity contribution in [3.63, 3.8) is 0 Å². The molecule has 1 aromatic heterocycles. The molecule has 1 unspecified atom stereocenters. The second-order valence-electron chi connectivity index (χ2n) is 3.99. The van der Waals surface area contributed by atoms with Crippen molar-refractivity contribution in [2.45, 2.75) is 26.4 Å². The van der Waals surface area contributed by atoms with Crippen LogP contribution in [-0.2, 0) is 16.1 Å². The first kappa shape index (κ1) is 14.1. The summed E-state index contributed by atoms with van der Waals surface area (Å²) in [4.78, 5) is 26.0. The van der Waals surface area contributed by atoms with Crippen LogP contribution in [0.5, 0.6) is 0 Å². The molecule has 0 radical (unpaired) electrons. The van der Waals surface area contributed by atoms with Gasteiger partial charge < -0.3 is 15.7 Å². The van der Waals surface area contributed by atoms with Crippen molar-refractivity contribution in [1.29, 1.82) is 0 Å². The number of aliphatic carboxylic acids is 1. The highest BCUT2D eigenvalue weighted by atomic mass is 16.4. The molecule has 0 aliphatic carbocycles. The van der Waals surface area contributed by atoms with E-state index in [-0.39, 0.29) is 12.5 Å². The highest BCUT2D eigenvalue weighted by Crippen LogP contribution is 1.97. The lowest BCUT2D eigenvalue weighted by Gasteiger charge is -2.13. The maximum absolute atomic E-state index is 10.9. The van der Waals surface area contributed by atoms with Crippen LogP contribution in [-0.4, -0.2) is 34.6 Å². The number of amides is 1. The van der Waals surface area contributed by atoms with Crippen LogP contribution in [0.2, 0.25) is 0 Å². The molecule has 0 fully saturated rings. The molecule has 0 aromatic carbocycles. The van der Waals surface area contributed by atoms with Crippen LogP contribution in [0.3, 0.4) is 0 Å². The maximum Gasteiger partial charge on any atom is 0.327 e. The van der Waals surface area contributed by atoms with E-state index in [2.05, 4.69) is 15.6 Å². The normalized spacial score (nSPS) is 11.9. The second-order valence-corrected chi connectivity index (χ2v) is 3.99. The van der Waals surface area contributed by atoms with Crippen molar-refractivity contribution in [3.05, 3.63) is 29.6 Å². The lowest BCUT2D eigenvalue weighted by atomic mass is 10.2. The van der Waals surface area contributed by atoms with Gasteiger partial charge in [-0.1, -0.05) is 6.07 Å². The van der Waals surface area contributed by atoms with Crippen LogP contribution in [0, 0.1) is 6.92 Å².